The Hall–Kier alpha value is -7.18. The molecule has 0 unspecified atom stereocenters. The fraction of sp³-hybridized carbons (Fsp3) is 0.727. The molecule has 25 nitrogen and oxygen atoms in total. The minimum Gasteiger partial charge on any atom is -0.390 e. The molecule has 6 N–H and O–H groups in total. The molecule has 0 radical (unpaired) electrons. The van der Waals surface area contributed by atoms with Gasteiger partial charge in [0.25, 0.3) is 0 Å². The van der Waals surface area contributed by atoms with Gasteiger partial charge in [-0.25, -0.2) is 4.98 Å². The van der Waals surface area contributed by atoms with E-state index in [4.69, 9.17) is 0 Å². The molecule has 12 atom stereocenters. The molecule has 3 rings (SSSR count). The Bertz CT molecular complexity index is 2820. The molecule has 91 heavy (non-hydrogen) atoms. The van der Waals surface area contributed by atoms with Crippen LogP contribution in [0.15, 0.2) is 24.3 Å². The number of aliphatic hydroxyl groups excluding tert-OH is 1. The number of hydrogen-bond donors (Lipinski definition) is 6. The SMILES string of the molecule is CC[C@@H]1NC(=O)[C@@H]([C@H](O)[C@H](C)Cc2nc3ccccc3[nH]2)N(C)C(=O)[C@H](C(C)C)N(C)C(=O)[C@H](CC(C)C)N(C)C(=O)[C@H](CC(C)C)N(C)C(=O)[C@@H](C)NC(=O)[C@H](C)NC(=O)[C@H](CC(C)C)N(C)C(=O)[C@H](C(C)C)NC(=O)[C@H](CC(C)C)N(C)C(=O)CN(C)C1=O. The fourth-order valence-electron chi connectivity index (χ4n) is 11.7. The zero-order chi connectivity index (χ0) is 69.5. The summed E-state index contributed by atoms with van der Waals surface area (Å²) in [6.45, 7) is 27.5. The monoisotopic (exact) mass is 1280 g/mol. The lowest BCUT2D eigenvalue weighted by atomic mass is 9.91. The van der Waals surface area contributed by atoms with Crippen molar-refractivity contribution < 1.29 is 57.8 Å². The number of imidazole rings is 1. The van der Waals surface area contributed by atoms with Crippen molar-refractivity contribution in [2.45, 2.75) is 216 Å². The van der Waals surface area contributed by atoms with Gasteiger partial charge in [0, 0.05) is 55.8 Å². The summed E-state index contributed by atoms with van der Waals surface area (Å²) in [5.74, 6) is -9.63. The number of rotatable bonds is 15. The van der Waals surface area contributed by atoms with Crippen molar-refractivity contribution in [3.8, 4) is 0 Å². The maximum absolute atomic E-state index is 15.4. The molecule has 512 valence electrons. The summed E-state index contributed by atoms with van der Waals surface area (Å²) in [6, 6.07) is -5.25. The Morgan fingerprint density at radius 3 is 1.43 bits per heavy atom. The van der Waals surface area contributed by atoms with E-state index in [9.17, 15) is 38.7 Å². The standard InChI is InChI=1S/C66H111N13O12/c1-24-44-62(87)73(17)34-52(80)74(18)47(29-35(2)3)59(84)72-53(39(10)11)65(90)75(19)48(30-36(4)5)58(83)67-42(15)57(82)68-43(16)61(86)76(20)49(31-37(6)7)63(88)77(21)50(32-38(8)9)64(89)78(22)54(40(12)13)66(91)79(23)55(60(85)71-44)56(81)41(14)33-51-69-45-27-25-26-28-46(45)70-51/h25-28,35-44,47-50,53-56,81H,24,29-34H2,1-23H3,(H,67,83)(H,68,82)(H,69,70)(H,71,85)(H,72,84)/t41-,42+,43-,44+,47+,48+,49+,50+,53+,54+,55-,56-/m1/s1. The average Bonchev–Trinajstić information content (AvgIpc) is 1.70. The molecule has 2 heterocycles. The van der Waals surface area contributed by atoms with Crippen molar-refractivity contribution in [3.05, 3.63) is 30.1 Å². The van der Waals surface area contributed by atoms with Crippen LogP contribution in [0.3, 0.4) is 0 Å². The van der Waals surface area contributed by atoms with Crippen LogP contribution in [0.25, 0.3) is 11.0 Å². The topological polar surface area (TPSA) is 307 Å². The van der Waals surface area contributed by atoms with Crippen LogP contribution in [0.4, 0.5) is 0 Å². The second-order valence-electron chi connectivity index (χ2n) is 27.7. The van der Waals surface area contributed by atoms with E-state index in [0.29, 0.717) is 11.3 Å². The second kappa shape index (κ2) is 34.5. The molecule has 1 fully saturated rings. The largest absolute Gasteiger partial charge is 0.390 e. The normalized spacial score (nSPS) is 25.9. The molecular weight excluding hydrogens is 1170 g/mol. The zero-order valence-corrected chi connectivity index (χ0v) is 58.7. The lowest BCUT2D eigenvalue weighted by Gasteiger charge is -2.41. The van der Waals surface area contributed by atoms with Crippen molar-refractivity contribution in [2.75, 3.05) is 55.9 Å². The van der Waals surface area contributed by atoms with Crippen LogP contribution in [0.1, 0.15) is 149 Å². The molecule has 1 saturated heterocycles. The van der Waals surface area contributed by atoms with Crippen LogP contribution in [0.5, 0.6) is 0 Å². The molecule has 0 aliphatic carbocycles. The van der Waals surface area contributed by atoms with Crippen LogP contribution < -0.4 is 21.3 Å². The highest BCUT2D eigenvalue weighted by atomic mass is 16.3. The van der Waals surface area contributed by atoms with Crippen LogP contribution >= 0.6 is 0 Å². The molecule has 0 bridgehead atoms. The molecule has 25 heteroatoms. The van der Waals surface area contributed by atoms with Crippen molar-refractivity contribution in [3.63, 3.8) is 0 Å². The van der Waals surface area contributed by atoms with Gasteiger partial charge in [-0.1, -0.05) is 109 Å². The van der Waals surface area contributed by atoms with Crippen molar-refractivity contribution in [1.29, 1.82) is 0 Å². The third kappa shape index (κ3) is 20.7. The van der Waals surface area contributed by atoms with Gasteiger partial charge in [-0.15, -0.1) is 0 Å². The van der Waals surface area contributed by atoms with Gasteiger partial charge < -0.3 is 65.7 Å². The first-order valence-electron chi connectivity index (χ1n) is 32.4. The number of benzene rings is 1. The molecular formula is C66H111N13O12. The number of aromatic amines is 1. The van der Waals surface area contributed by atoms with Crippen LogP contribution in [0.2, 0.25) is 0 Å². The molecule has 1 aromatic carbocycles. The number of aromatic nitrogens is 2. The van der Waals surface area contributed by atoms with Gasteiger partial charge in [0.15, 0.2) is 0 Å². The number of likely N-dealkylation sites (N-methyl/N-ethyl adjacent to an activating group) is 7. The molecule has 0 spiro atoms. The summed E-state index contributed by atoms with van der Waals surface area (Å²) in [5, 5.41) is 23.5. The zero-order valence-electron chi connectivity index (χ0n) is 58.7. The van der Waals surface area contributed by atoms with Gasteiger partial charge >= 0.3 is 0 Å². The Balaban J connectivity index is 2.31. The highest BCUT2D eigenvalue weighted by molar-refractivity contribution is 5.99. The number of hydrogen-bond acceptors (Lipinski definition) is 13. The van der Waals surface area contributed by atoms with Crippen molar-refractivity contribution in [2.24, 2.45) is 41.4 Å². The van der Waals surface area contributed by atoms with E-state index >= 15 is 19.2 Å². The van der Waals surface area contributed by atoms with Crippen LogP contribution in [-0.2, 0) is 59.2 Å². The summed E-state index contributed by atoms with van der Waals surface area (Å²) in [5.41, 5.74) is 1.42. The Labute approximate surface area is 540 Å². The first-order chi connectivity index (χ1) is 42.2. The van der Waals surface area contributed by atoms with Gasteiger partial charge in [-0.3, -0.25) is 52.7 Å². The van der Waals surface area contributed by atoms with E-state index in [1.54, 1.807) is 41.5 Å². The highest BCUT2D eigenvalue weighted by Crippen LogP contribution is 2.26. The predicted molar refractivity (Wildman–Crippen MR) is 349 cm³/mol. The van der Waals surface area contributed by atoms with E-state index in [0.717, 1.165) is 15.3 Å². The third-order valence-corrected chi connectivity index (χ3v) is 17.3. The van der Waals surface area contributed by atoms with Gasteiger partial charge in [-0.2, -0.15) is 0 Å². The lowest BCUT2D eigenvalue weighted by Crippen LogP contribution is -2.63. The minimum absolute atomic E-state index is 0.00450. The summed E-state index contributed by atoms with van der Waals surface area (Å²) >= 11 is 0. The number of amides is 11. The summed E-state index contributed by atoms with van der Waals surface area (Å²) in [4.78, 5) is 178. The van der Waals surface area contributed by atoms with E-state index in [2.05, 4.69) is 31.2 Å². The number of nitrogens with zero attached hydrogens (tertiary/aromatic N) is 8. The molecule has 11 amide bonds. The third-order valence-electron chi connectivity index (χ3n) is 17.3. The average molecular weight is 1280 g/mol. The molecule has 2 aromatic rings. The maximum Gasteiger partial charge on any atom is 0.246 e. The van der Waals surface area contributed by atoms with Crippen molar-refractivity contribution in [1.82, 2.24) is 65.5 Å². The summed E-state index contributed by atoms with van der Waals surface area (Å²) < 4.78 is 0. The van der Waals surface area contributed by atoms with E-state index in [1.165, 1.54) is 87.7 Å². The maximum atomic E-state index is 15.4. The van der Waals surface area contributed by atoms with Gasteiger partial charge in [-0.05, 0) is 99.5 Å². The number of aliphatic hydroxyl groups is 1. The minimum atomic E-state index is -1.69. The summed E-state index contributed by atoms with van der Waals surface area (Å²) in [7, 11) is 9.89. The molecule has 0 saturated carbocycles. The number of para-hydroxylation sites is 2. The van der Waals surface area contributed by atoms with E-state index < -0.39 is 156 Å². The lowest BCUT2D eigenvalue weighted by molar-refractivity contribution is -0.157. The molecule has 1 aromatic heterocycles. The quantitative estimate of drug-likeness (QED) is 0.149. The van der Waals surface area contributed by atoms with Crippen LogP contribution in [0, 0.1) is 41.4 Å². The Morgan fingerprint density at radius 2 is 0.934 bits per heavy atom. The smallest absolute Gasteiger partial charge is 0.246 e. The number of nitrogens with one attached hydrogen (secondary N) is 5. The first kappa shape index (κ1) is 78.1. The van der Waals surface area contributed by atoms with E-state index in [-0.39, 0.29) is 62.2 Å². The molecule has 1 aliphatic rings. The first-order valence-corrected chi connectivity index (χ1v) is 32.4. The van der Waals surface area contributed by atoms with Crippen LogP contribution in [-0.4, -0.2) is 237 Å². The Kier molecular flexibility index (Phi) is 29.6. The molecule has 1 aliphatic heterocycles. The number of fused-ring (bicyclic) bond motifs is 1. The highest BCUT2D eigenvalue weighted by Gasteiger charge is 2.46. The van der Waals surface area contributed by atoms with Gasteiger partial charge in [0.2, 0.25) is 65.0 Å². The fourth-order valence-corrected chi connectivity index (χ4v) is 11.7. The number of H-pyrrole nitrogens is 1. The number of carbonyl (C=O) groups excluding carboxylic acids is 11. The van der Waals surface area contributed by atoms with Gasteiger partial charge in [0.1, 0.15) is 66.2 Å². The Morgan fingerprint density at radius 1 is 0.484 bits per heavy atom. The van der Waals surface area contributed by atoms with Crippen molar-refractivity contribution >= 4 is 76.0 Å². The van der Waals surface area contributed by atoms with Gasteiger partial charge in [0.05, 0.1) is 23.7 Å². The predicted octanol–water partition coefficient (Wildman–Crippen LogP) is 3.42. The second-order valence-corrected chi connectivity index (χ2v) is 27.7. The summed E-state index contributed by atoms with van der Waals surface area (Å²) in [6.07, 6.45) is -0.933. The van der Waals surface area contributed by atoms with E-state index in [1.807, 2.05) is 79.7 Å². The number of carbonyl (C=O) groups is 11.